The maximum Gasteiger partial charge on any atom is 3.00 e. The average Bonchev–Trinajstić information content (AvgIpc) is 2.34. The maximum absolute atomic E-state index is 3.30. The van der Waals surface area contributed by atoms with Crippen LogP contribution in [-0.4, -0.2) is 0 Å². The Bertz CT molecular complexity index is 141. The van der Waals surface area contributed by atoms with Gasteiger partial charge in [0.15, 0.2) is 0 Å². The Labute approximate surface area is 111 Å². The van der Waals surface area contributed by atoms with Gasteiger partial charge < -0.3 is 34.0 Å². The normalized spacial score (nSPS) is 12.2. The summed E-state index contributed by atoms with van der Waals surface area (Å²) in [7, 11) is 0. The fourth-order valence-corrected chi connectivity index (χ4v) is 0.989. The largest absolute Gasteiger partial charge is 3.00 e. The van der Waals surface area contributed by atoms with Crippen molar-refractivity contribution in [1.29, 1.82) is 0 Å². The van der Waals surface area contributed by atoms with E-state index in [0.29, 0.717) is 0 Å². The molecule has 1 radical (unpaired) electrons. The average molecular weight is 329 g/mol. The van der Waals surface area contributed by atoms with Crippen molar-refractivity contribution in [3.8, 4) is 0 Å². The summed E-state index contributed by atoms with van der Waals surface area (Å²) >= 11 is 0. The first-order valence-electron chi connectivity index (χ1n) is 3.69. The molecule has 0 fully saturated rings. The van der Waals surface area contributed by atoms with Crippen molar-refractivity contribution in [1.82, 2.24) is 0 Å². The second kappa shape index (κ2) is 12.2. The van der Waals surface area contributed by atoms with Gasteiger partial charge in [-0.05, 0) is 0 Å². The summed E-state index contributed by atoms with van der Waals surface area (Å²) in [6.07, 6.45) is 12.5. The molecule has 3 heteroatoms. The molecule has 0 nitrogen and oxygen atoms in total. The minimum absolute atomic E-state index is 0. The van der Waals surface area contributed by atoms with Gasteiger partial charge in [-0.1, -0.05) is 26.2 Å². The molecule has 0 unspecified atom stereocenters. The van der Waals surface area contributed by atoms with Crippen molar-refractivity contribution < 1.29 is 55.7 Å². The molecule has 0 saturated carbocycles. The van der Waals surface area contributed by atoms with Gasteiger partial charge >= 0.3 is 21.7 Å². The summed E-state index contributed by atoms with van der Waals surface area (Å²) < 4.78 is 0. The topological polar surface area (TPSA) is 0 Å². The van der Waals surface area contributed by atoms with Crippen molar-refractivity contribution in [3.63, 3.8) is 0 Å². The molecule has 0 atom stereocenters. The van der Waals surface area contributed by atoms with Gasteiger partial charge in [0.05, 0.1) is 0 Å². The van der Waals surface area contributed by atoms with E-state index in [9.17, 15) is 0 Å². The van der Waals surface area contributed by atoms with E-state index in [-0.39, 0.29) is 55.7 Å². The summed E-state index contributed by atoms with van der Waals surface area (Å²) in [6.45, 7) is 2.22. The van der Waals surface area contributed by atoms with Gasteiger partial charge in [0.1, 0.15) is 0 Å². The first-order chi connectivity index (χ1) is 4.43. The third kappa shape index (κ3) is 7.79. The molecule has 0 spiro atoms. The SMILES string of the molecule is CCCCC1=[C-]CC=C1.[Br-].[Br-].[Ti+3]. The fourth-order valence-electron chi connectivity index (χ4n) is 0.989. The van der Waals surface area contributed by atoms with Crippen molar-refractivity contribution in [2.45, 2.75) is 32.6 Å². The first-order valence-corrected chi connectivity index (χ1v) is 3.69. The molecule has 67 valence electrons. The van der Waals surface area contributed by atoms with Crippen LogP contribution in [0.4, 0.5) is 0 Å². The molecule has 0 heterocycles. The van der Waals surface area contributed by atoms with Crippen LogP contribution in [0.25, 0.3) is 0 Å². The van der Waals surface area contributed by atoms with Crippen LogP contribution in [0, 0.1) is 6.08 Å². The van der Waals surface area contributed by atoms with E-state index in [1.807, 2.05) is 0 Å². The third-order valence-electron chi connectivity index (χ3n) is 1.57. The Morgan fingerprint density at radius 1 is 1.42 bits per heavy atom. The molecule has 0 amide bonds. The van der Waals surface area contributed by atoms with Gasteiger partial charge in [-0.3, -0.25) is 6.08 Å². The van der Waals surface area contributed by atoms with E-state index >= 15 is 0 Å². The van der Waals surface area contributed by atoms with Gasteiger partial charge in [0, 0.05) is 0 Å². The number of rotatable bonds is 3. The maximum atomic E-state index is 3.30. The zero-order chi connectivity index (χ0) is 6.53. The molecular weight excluding hydrogens is 316 g/mol. The molecule has 0 N–H and O–H groups in total. The summed E-state index contributed by atoms with van der Waals surface area (Å²) in [4.78, 5) is 0. The van der Waals surface area contributed by atoms with Crippen molar-refractivity contribution in [3.05, 3.63) is 23.8 Å². The zero-order valence-corrected chi connectivity index (χ0v) is 12.0. The first kappa shape index (κ1) is 18.8. The quantitative estimate of drug-likeness (QED) is 0.380. The van der Waals surface area contributed by atoms with Crippen molar-refractivity contribution in [2.24, 2.45) is 0 Å². The molecule has 1 rings (SSSR count). The molecule has 1 aliphatic carbocycles. The molecule has 0 bridgehead atoms. The molecular formula is C9H13Br2Ti. The van der Waals surface area contributed by atoms with Gasteiger partial charge in [-0.15, -0.1) is 6.42 Å². The summed E-state index contributed by atoms with van der Waals surface area (Å²) in [5.74, 6) is 0. The summed E-state index contributed by atoms with van der Waals surface area (Å²) in [5, 5.41) is 0. The Hall–Kier alpha value is 1.15. The van der Waals surface area contributed by atoms with Gasteiger partial charge in [0.25, 0.3) is 0 Å². The predicted molar refractivity (Wildman–Crippen MR) is 40.0 cm³/mol. The van der Waals surface area contributed by atoms with E-state index in [4.69, 9.17) is 0 Å². The predicted octanol–water partition coefficient (Wildman–Crippen LogP) is -3.13. The van der Waals surface area contributed by atoms with E-state index in [2.05, 4.69) is 25.2 Å². The second-order valence-electron chi connectivity index (χ2n) is 2.41. The monoisotopic (exact) mass is 327 g/mol. The number of halogens is 2. The minimum atomic E-state index is 0. The van der Waals surface area contributed by atoms with E-state index in [1.165, 1.54) is 24.8 Å². The molecule has 0 saturated heterocycles. The molecule has 1 aliphatic rings. The number of allylic oxidation sites excluding steroid dienone is 4. The Kier molecular flexibility index (Phi) is 19.1. The number of hydrogen-bond donors (Lipinski definition) is 0. The van der Waals surface area contributed by atoms with E-state index < -0.39 is 0 Å². The van der Waals surface area contributed by atoms with Gasteiger partial charge in [-0.25, -0.2) is 11.6 Å². The molecule has 12 heavy (non-hydrogen) atoms. The van der Waals surface area contributed by atoms with Gasteiger partial charge in [-0.2, -0.15) is 6.08 Å². The van der Waals surface area contributed by atoms with Crippen LogP contribution >= 0.6 is 0 Å². The molecule has 0 aliphatic heterocycles. The van der Waals surface area contributed by atoms with E-state index in [0.717, 1.165) is 6.42 Å². The second-order valence-corrected chi connectivity index (χ2v) is 2.41. The molecule has 0 aromatic rings. The molecule has 0 aromatic carbocycles. The summed E-state index contributed by atoms with van der Waals surface area (Å²) in [6, 6.07) is 0. The Balaban J connectivity index is -0.000000270. The number of hydrogen-bond acceptors (Lipinski definition) is 0. The van der Waals surface area contributed by atoms with Crippen LogP contribution in [0.1, 0.15) is 32.6 Å². The van der Waals surface area contributed by atoms with Crippen molar-refractivity contribution >= 4 is 0 Å². The van der Waals surface area contributed by atoms with E-state index in [1.54, 1.807) is 0 Å². The van der Waals surface area contributed by atoms with Crippen LogP contribution in [0.15, 0.2) is 17.7 Å². The third-order valence-corrected chi connectivity index (χ3v) is 1.57. The van der Waals surface area contributed by atoms with Crippen LogP contribution in [0.2, 0.25) is 0 Å². The fraction of sp³-hybridized carbons (Fsp3) is 0.556. The smallest absolute Gasteiger partial charge is 1.00 e. The number of unbranched alkanes of at least 4 members (excludes halogenated alkanes) is 1. The standard InChI is InChI=1S/C9H13.2BrH.Ti/c1-2-3-6-9-7-4-5-8-9;;;/h4,7H,2-3,5-6H2,1H3;2*1H;/q-1;;;+3/p-2. The Morgan fingerprint density at radius 2 is 2.08 bits per heavy atom. The van der Waals surface area contributed by atoms with Crippen LogP contribution in [0.5, 0.6) is 0 Å². The Morgan fingerprint density at radius 3 is 2.50 bits per heavy atom. The van der Waals surface area contributed by atoms with Crippen LogP contribution in [0.3, 0.4) is 0 Å². The van der Waals surface area contributed by atoms with Crippen molar-refractivity contribution in [2.75, 3.05) is 0 Å². The summed E-state index contributed by atoms with van der Waals surface area (Å²) in [5.41, 5.74) is 1.41. The van der Waals surface area contributed by atoms with Crippen LogP contribution in [-0.2, 0) is 21.7 Å². The zero-order valence-electron chi connectivity index (χ0n) is 7.24. The molecule has 0 aromatic heterocycles. The minimum Gasteiger partial charge on any atom is -1.00 e. The van der Waals surface area contributed by atoms with Gasteiger partial charge in [0.2, 0.25) is 0 Å². The van der Waals surface area contributed by atoms with Crippen LogP contribution < -0.4 is 34.0 Å².